The molecule has 1 saturated heterocycles. The van der Waals surface area contributed by atoms with Crippen LogP contribution >= 0.6 is 0 Å². The fraction of sp³-hybridized carbons (Fsp3) is 0.385. The number of hydrogen-bond acceptors (Lipinski definition) is 7. The number of para-hydroxylation sites is 1. The number of aromatic carboxylic acids is 1. The van der Waals surface area contributed by atoms with Crippen LogP contribution in [0.2, 0.25) is 0 Å². The van der Waals surface area contributed by atoms with E-state index >= 15 is 0 Å². The lowest BCUT2D eigenvalue weighted by Crippen LogP contribution is -2.44. The Morgan fingerprint density at radius 3 is 2.82 bits per heavy atom. The third-order valence-electron chi connectivity index (χ3n) is 6.57. The predicted molar refractivity (Wildman–Crippen MR) is 129 cm³/mol. The van der Waals surface area contributed by atoms with E-state index in [1.54, 1.807) is 18.2 Å². The van der Waals surface area contributed by atoms with Gasteiger partial charge in [0.25, 0.3) is 0 Å². The molecule has 2 heterocycles. The molecule has 2 aromatic carbocycles. The van der Waals surface area contributed by atoms with Crippen molar-refractivity contribution >= 4 is 28.5 Å². The molecule has 0 spiro atoms. The van der Waals surface area contributed by atoms with Crippen molar-refractivity contribution in [1.29, 1.82) is 5.26 Å². The summed E-state index contributed by atoms with van der Waals surface area (Å²) in [7, 11) is 0. The summed E-state index contributed by atoms with van der Waals surface area (Å²) in [5.74, 6) is 0.202. The minimum absolute atomic E-state index is 0.170. The minimum atomic E-state index is -0.984. The Morgan fingerprint density at radius 1 is 1.29 bits per heavy atom. The number of morpholine rings is 1. The Morgan fingerprint density at radius 2 is 2.09 bits per heavy atom. The number of nitrogens with zero attached hydrogens (tertiary/aromatic N) is 4. The summed E-state index contributed by atoms with van der Waals surface area (Å²) < 4.78 is 5.96. The van der Waals surface area contributed by atoms with Crippen LogP contribution in [0.4, 0.5) is 11.5 Å². The van der Waals surface area contributed by atoms with Gasteiger partial charge in [0.05, 0.1) is 35.3 Å². The van der Waals surface area contributed by atoms with Gasteiger partial charge in [0.15, 0.2) is 11.5 Å². The SMILES string of the molecule is Cc1cc([C@@H](C)Nc2ccccc2C(=O)O)c2nc(N3CCOC(C4CC4)C3)c(C#N)nc2c1. The van der Waals surface area contributed by atoms with Crippen molar-refractivity contribution in [3.05, 3.63) is 58.8 Å². The molecule has 2 fully saturated rings. The number of aromatic nitrogens is 2. The second-order valence-electron chi connectivity index (χ2n) is 9.14. The smallest absolute Gasteiger partial charge is 0.337 e. The maximum atomic E-state index is 11.7. The van der Waals surface area contributed by atoms with E-state index in [0.29, 0.717) is 53.8 Å². The van der Waals surface area contributed by atoms with E-state index < -0.39 is 5.97 Å². The van der Waals surface area contributed by atoms with Crippen LogP contribution < -0.4 is 10.2 Å². The first-order chi connectivity index (χ1) is 16.4. The maximum Gasteiger partial charge on any atom is 0.337 e. The van der Waals surface area contributed by atoms with Gasteiger partial charge in [0.2, 0.25) is 0 Å². The normalized spacial score (nSPS) is 19.0. The zero-order valence-electron chi connectivity index (χ0n) is 19.3. The number of fused-ring (bicyclic) bond motifs is 1. The molecule has 8 nitrogen and oxygen atoms in total. The Hall–Kier alpha value is -3.70. The lowest BCUT2D eigenvalue weighted by atomic mass is 10.0. The molecule has 2 N–H and O–H groups in total. The van der Waals surface area contributed by atoms with Crippen molar-refractivity contribution in [3.63, 3.8) is 0 Å². The van der Waals surface area contributed by atoms with Gasteiger partial charge in [-0.15, -0.1) is 0 Å². The number of ether oxygens (including phenoxy) is 1. The summed E-state index contributed by atoms with van der Waals surface area (Å²) in [4.78, 5) is 23.4. The van der Waals surface area contributed by atoms with Gasteiger partial charge >= 0.3 is 5.97 Å². The van der Waals surface area contributed by atoms with Crippen LogP contribution in [-0.4, -0.2) is 46.8 Å². The Bertz CT molecular complexity index is 1300. The molecule has 8 heteroatoms. The van der Waals surface area contributed by atoms with Crippen LogP contribution in [-0.2, 0) is 4.74 Å². The molecule has 1 saturated carbocycles. The number of carboxylic acids is 1. The number of aryl methyl sites for hydroxylation is 1. The molecule has 2 atom stereocenters. The largest absolute Gasteiger partial charge is 0.478 e. The van der Waals surface area contributed by atoms with Crippen LogP contribution in [0.25, 0.3) is 11.0 Å². The summed E-state index contributed by atoms with van der Waals surface area (Å²) in [5.41, 5.74) is 4.33. The standard InChI is InChI=1S/C26H27N5O3/c1-15-11-19(16(2)28-20-6-4-3-5-18(20)26(32)33)24-21(12-15)29-22(13-27)25(30-24)31-9-10-34-23(14-31)17-7-8-17/h3-6,11-12,16-17,23,28H,7-10,14H2,1-2H3,(H,32,33)/t16-,23?/m1/s1. The number of benzene rings is 2. The van der Waals surface area contributed by atoms with Crippen molar-refractivity contribution in [2.45, 2.75) is 38.8 Å². The molecule has 5 rings (SSSR count). The quantitative estimate of drug-likeness (QED) is 0.564. The van der Waals surface area contributed by atoms with Gasteiger partial charge in [-0.2, -0.15) is 5.26 Å². The first-order valence-electron chi connectivity index (χ1n) is 11.6. The van der Waals surface area contributed by atoms with E-state index in [1.165, 1.54) is 12.8 Å². The van der Waals surface area contributed by atoms with E-state index in [1.807, 2.05) is 32.0 Å². The summed E-state index contributed by atoms with van der Waals surface area (Å²) in [6.45, 7) is 5.94. The van der Waals surface area contributed by atoms with E-state index in [9.17, 15) is 15.2 Å². The topological polar surface area (TPSA) is 111 Å². The number of nitrogens with one attached hydrogen (secondary N) is 1. The molecule has 2 aliphatic rings. The van der Waals surface area contributed by atoms with Gasteiger partial charge in [-0.1, -0.05) is 18.2 Å². The highest BCUT2D eigenvalue weighted by Gasteiger charge is 2.36. The maximum absolute atomic E-state index is 11.7. The fourth-order valence-electron chi connectivity index (χ4n) is 4.68. The first kappa shape index (κ1) is 22.1. The van der Waals surface area contributed by atoms with Crippen molar-refractivity contribution in [1.82, 2.24) is 9.97 Å². The average molecular weight is 458 g/mol. The molecule has 1 unspecified atom stereocenters. The van der Waals surface area contributed by atoms with Crippen LogP contribution in [0.5, 0.6) is 0 Å². The first-order valence-corrected chi connectivity index (χ1v) is 11.6. The monoisotopic (exact) mass is 457 g/mol. The highest BCUT2D eigenvalue weighted by atomic mass is 16.5. The lowest BCUT2D eigenvalue weighted by molar-refractivity contribution is 0.0261. The van der Waals surface area contributed by atoms with Crippen LogP contribution in [0.1, 0.15) is 53.0 Å². The number of carbonyl (C=O) groups is 1. The molecular weight excluding hydrogens is 430 g/mol. The van der Waals surface area contributed by atoms with Gasteiger partial charge in [-0.05, 0) is 56.4 Å². The van der Waals surface area contributed by atoms with Crippen molar-refractivity contribution < 1.29 is 14.6 Å². The van der Waals surface area contributed by atoms with Crippen molar-refractivity contribution in [2.24, 2.45) is 5.92 Å². The number of hydrogen-bond donors (Lipinski definition) is 2. The highest BCUT2D eigenvalue weighted by molar-refractivity contribution is 5.94. The molecule has 0 bridgehead atoms. The van der Waals surface area contributed by atoms with E-state index in [4.69, 9.17) is 9.72 Å². The molecule has 1 aromatic heterocycles. The summed E-state index contributed by atoms with van der Waals surface area (Å²) >= 11 is 0. The molecule has 1 aliphatic carbocycles. The zero-order valence-corrected chi connectivity index (χ0v) is 19.3. The molecule has 34 heavy (non-hydrogen) atoms. The van der Waals surface area contributed by atoms with Gasteiger partial charge in [-0.25, -0.2) is 14.8 Å². The zero-order chi connectivity index (χ0) is 23.8. The Labute approximate surface area is 198 Å². The molecule has 0 amide bonds. The van der Waals surface area contributed by atoms with Crippen LogP contribution in [0, 0.1) is 24.2 Å². The van der Waals surface area contributed by atoms with E-state index in [-0.39, 0.29) is 17.7 Å². The minimum Gasteiger partial charge on any atom is -0.478 e. The van der Waals surface area contributed by atoms with Crippen LogP contribution in [0.15, 0.2) is 36.4 Å². The number of carboxylic acid groups (broad SMARTS) is 1. The second-order valence-corrected chi connectivity index (χ2v) is 9.14. The van der Waals surface area contributed by atoms with Gasteiger partial charge in [-0.3, -0.25) is 0 Å². The summed E-state index contributed by atoms with van der Waals surface area (Å²) in [6, 6.07) is 12.8. The Balaban J connectivity index is 1.55. The molecule has 0 radical (unpaired) electrons. The average Bonchev–Trinajstić information content (AvgIpc) is 3.68. The third kappa shape index (κ3) is 4.27. The predicted octanol–water partition coefficient (Wildman–Crippen LogP) is 4.30. The summed E-state index contributed by atoms with van der Waals surface area (Å²) in [6.07, 6.45) is 2.55. The second kappa shape index (κ2) is 8.92. The van der Waals surface area contributed by atoms with Gasteiger partial charge in [0, 0.05) is 24.3 Å². The Kier molecular flexibility index (Phi) is 5.80. The molecule has 174 valence electrons. The summed E-state index contributed by atoms with van der Waals surface area (Å²) in [5, 5.41) is 22.7. The molecule has 3 aromatic rings. The number of nitriles is 1. The molecular formula is C26H27N5O3. The van der Waals surface area contributed by atoms with Crippen molar-refractivity contribution in [2.75, 3.05) is 29.9 Å². The third-order valence-corrected chi connectivity index (χ3v) is 6.57. The number of rotatable bonds is 6. The highest BCUT2D eigenvalue weighted by Crippen LogP contribution is 2.37. The van der Waals surface area contributed by atoms with E-state index in [0.717, 1.165) is 11.1 Å². The van der Waals surface area contributed by atoms with E-state index in [2.05, 4.69) is 21.3 Å². The van der Waals surface area contributed by atoms with Crippen LogP contribution in [0.3, 0.4) is 0 Å². The lowest BCUT2D eigenvalue weighted by Gasteiger charge is -2.34. The molecule has 1 aliphatic heterocycles. The number of anilines is 2. The fourth-order valence-corrected chi connectivity index (χ4v) is 4.68. The van der Waals surface area contributed by atoms with Crippen molar-refractivity contribution in [3.8, 4) is 6.07 Å². The van der Waals surface area contributed by atoms with Gasteiger partial charge < -0.3 is 20.1 Å². The van der Waals surface area contributed by atoms with Gasteiger partial charge in [0.1, 0.15) is 6.07 Å².